The van der Waals surface area contributed by atoms with Crippen molar-refractivity contribution in [3.8, 4) is 5.75 Å². The molecule has 2 N–H and O–H groups in total. The second kappa shape index (κ2) is 9.04. The van der Waals surface area contributed by atoms with Gasteiger partial charge in [-0.05, 0) is 42.5 Å². The molecule has 1 heterocycles. The lowest BCUT2D eigenvalue weighted by Crippen LogP contribution is -2.48. The molecule has 0 aromatic heterocycles. The van der Waals surface area contributed by atoms with Gasteiger partial charge in [-0.3, -0.25) is 4.79 Å². The average molecular weight is 376 g/mol. The number of nitrogens with zero attached hydrogens (tertiary/aromatic N) is 1. The van der Waals surface area contributed by atoms with Gasteiger partial charge in [-0.15, -0.1) is 0 Å². The molecule has 150 valence electrons. The molecule has 0 spiro atoms. The van der Waals surface area contributed by atoms with Gasteiger partial charge in [-0.25, -0.2) is 0 Å². The molecule has 1 aromatic carbocycles. The number of fused-ring (bicyclic) bond motifs is 1. The smallest absolute Gasteiger partial charge is 0.237 e. The van der Waals surface area contributed by atoms with Crippen LogP contribution in [0.4, 0.5) is 0 Å². The molecule has 1 amide bonds. The Morgan fingerprint density at radius 3 is 2.78 bits per heavy atom. The first-order valence-corrected chi connectivity index (χ1v) is 9.94. The molecule has 0 saturated heterocycles. The third-order valence-corrected chi connectivity index (χ3v) is 5.87. The highest BCUT2D eigenvalue weighted by Gasteiger charge is 2.32. The topological polar surface area (TPSA) is 71.0 Å². The van der Waals surface area contributed by atoms with E-state index in [-0.39, 0.29) is 18.5 Å². The number of methoxy groups -OCH3 is 2. The van der Waals surface area contributed by atoms with Crippen LogP contribution >= 0.6 is 0 Å². The summed E-state index contributed by atoms with van der Waals surface area (Å²) in [5.41, 5.74) is 1.68. The van der Waals surface area contributed by atoms with E-state index >= 15 is 0 Å². The van der Waals surface area contributed by atoms with E-state index in [0.717, 1.165) is 43.4 Å². The second-order valence-electron chi connectivity index (χ2n) is 7.76. The SMILES string of the molecule is COCC1c2ccc(OC)cc2CCN1C(=O)CNCC1(O)CCCCC1. The predicted octanol–water partition coefficient (Wildman–Crippen LogP) is 2.05. The number of benzene rings is 1. The number of hydrogen-bond donors (Lipinski definition) is 2. The number of hydrogen-bond acceptors (Lipinski definition) is 5. The third-order valence-electron chi connectivity index (χ3n) is 5.87. The van der Waals surface area contributed by atoms with Gasteiger partial charge in [0.25, 0.3) is 0 Å². The van der Waals surface area contributed by atoms with E-state index in [4.69, 9.17) is 9.47 Å². The Morgan fingerprint density at radius 1 is 1.30 bits per heavy atom. The highest BCUT2D eigenvalue weighted by molar-refractivity contribution is 5.79. The van der Waals surface area contributed by atoms with Crippen LogP contribution in [-0.4, -0.2) is 62.0 Å². The summed E-state index contributed by atoms with van der Waals surface area (Å²) in [6.45, 7) is 1.86. The van der Waals surface area contributed by atoms with Crippen LogP contribution < -0.4 is 10.1 Å². The lowest BCUT2D eigenvalue weighted by Gasteiger charge is -2.38. The molecule has 1 aromatic rings. The molecule has 6 nitrogen and oxygen atoms in total. The van der Waals surface area contributed by atoms with Gasteiger partial charge in [0.2, 0.25) is 5.91 Å². The van der Waals surface area contributed by atoms with E-state index < -0.39 is 5.60 Å². The lowest BCUT2D eigenvalue weighted by molar-refractivity contribution is -0.134. The molecule has 1 unspecified atom stereocenters. The summed E-state index contributed by atoms with van der Waals surface area (Å²) < 4.78 is 10.7. The van der Waals surface area contributed by atoms with E-state index in [1.165, 1.54) is 12.0 Å². The Labute approximate surface area is 161 Å². The van der Waals surface area contributed by atoms with Crippen LogP contribution in [0.1, 0.15) is 49.3 Å². The van der Waals surface area contributed by atoms with Gasteiger partial charge >= 0.3 is 0 Å². The van der Waals surface area contributed by atoms with Crippen LogP contribution in [0.15, 0.2) is 18.2 Å². The van der Waals surface area contributed by atoms with Crippen molar-refractivity contribution in [3.05, 3.63) is 29.3 Å². The van der Waals surface area contributed by atoms with Crippen LogP contribution in [0.25, 0.3) is 0 Å². The summed E-state index contributed by atoms with van der Waals surface area (Å²) in [7, 11) is 3.33. The van der Waals surface area contributed by atoms with E-state index in [1.807, 2.05) is 17.0 Å². The molecule has 2 aliphatic rings. The summed E-state index contributed by atoms with van der Waals surface area (Å²) in [6, 6.07) is 5.94. The number of carbonyl (C=O) groups excluding carboxylic acids is 1. The Hall–Kier alpha value is -1.63. The summed E-state index contributed by atoms with van der Waals surface area (Å²) >= 11 is 0. The number of nitrogens with one attached hydrogen (secondary N) is 1. The third kappa shape index (κ3) is 4.81. The van der Waals surface area contributed by atoms with Crippen molar-refractivity contribution in [2.75, 3.05) is 40.5 Å². The van der Waals surface area contributed by atoms with Gasteiger partial charge in [0, 0.05) is 20.2 Å². The first-order valence-electron chi connectivity index (χ1n) is 9.94. The van der Waals surface area contributed by atoms with Crippen molar-refractivity contribution in [2.24, 2.45) is 0 Å². The monoisotopic (exact) mass is 376 g/mol. The zero-order valence-corrected chi connectivity index (χ0v) is 16.5. The molecule has 1 fully saturated rings. The molecule has 27 heavy (non-hydrogen) atoms. The molecular weight excluding hydrogens is 344 g/mol. The van der Waals surface area contributed by atoms with Gasteiger partial charge < -0.3 is 24.8 Å². The maximum absolute atomic E-state index is 12.9. The largest absolute Gasteiger partial charge is 0.497 e. The molecule has 6 heteroatoms. The van der Waals surface area contributed by atoms with E-state index in [9.17, 15) is 9.90 Å². The van der Waals surface area contributed by atoms with Gasteiger partial charge in [-0.2, -0.15) is 0 Å². The van der Waals surface area contributed by atoms with Crippen molar-refractivity contribution < 1.29 is 19.4 Å². The van der Waals surface area contributed by atoms with Crippen molar-refractivity contribution in [1.82, 2.24) is 10.2 Å². The van der Waals surface area contributed by atoms with Crippen LogP contribution in [0, 0.1) is 0 Å². The zero-order valence-electron chi connectivity index (χ0n) is 16.5. The first kappa shape index (κ1) is 20.1. The summed E-state index contributed by atoms with van der Waals surface area (Å²) in [4.78, 5) is 14.8. The molecule has 0 bridgehead atoms. The Bertz CT molecular complexity index is 643. The minimum absolute atomic E-state index is 0.0536. The normalized spacial score (nSPS) is 21.6. The quantitative estimate of drug-likeness (QED) is 0.762. The van der Waals surface area contributed by atoms with Crippen LogP contribution in [0.3, 0.4) is 0 Å². The molecule has 0 radical (unpaired) electrons. The number of aliphatic hydroxyl groups is 1. The Balaban J connectivity index is 1.62. The van der Waals surface area contributed by atoms with Crippen LogP contribution in [0.5, 0.6) is 5.75 Å². The fraction of sp³-hybridized carbons (Fsp3) is 0.667. The molecule has 1 atom stereocenters. The van der Waals surface area contributed by atoms with Crippen LogP contribution in [0.2, 0.25) is 0 Å². The molecule has 3 rings (SSSR count). The minimum atomic E-state index is -0.657. The number of rotatable bonds is 7. The maximum Gasteiger partial charge on any atom is 0.237 e. The standard InChI is InChI=1S/C21H32N2O4/c1-26-14-19-18-7-6-17(27-2)12-16(18)8-11-23(19)20(24)13-22-15-21(25)9-4-3-5-10-21/h6-7,12,19,22,25H,3-5,8-11,13-15H2,1-2H3. The van der Waals surface area contributed by atoms with E-state index in [0.29, 0.717) is 19.7 Å². The number of ether oxygens (including phenoxy) is 2. The van der Waals surface area contributed by atoms with Gasteiger partial charge in [0.05, 0.1) is 31.9 Å². The Kier molecular flexibility index (Phi) is 6.73. The summed E-state index contributed by atoms with van der Waals surface area (Å²) in [5, 5.41) is 13.8. The van der Waals surface area contributed by atoms with Crippen molar-refractivity contribution >= 4 is 5.91 Å². The Morgan fingerprint density at radius 2 is 2.07 bits per heavy atom. The van der Waals surface area contributed by atoms with Crippen LogP contribution in [-0.2, 0) is 16.0 Å². The molecular formula is C21H32N2O4. The molecule has 1 aliphatic carbocycles. The number of amides is 1. The minimum Gasteiger partial charge on any atom is -0.497 e. The fourth-order valence-electron chi connectivity index (χ4n) is 4.34. The fourth-order valence-corrected chi connectivity index (χ4v) is 4.34. The highest BCUT2D eigenvalue weighted by atomic mass is 16.5. The van der Waals surface area contributed by atoms with Gasteiger partial charge in [0.15, 0.2) is 0 Å². The van der Waals surface area contributed by atoms with Crippen molar-refractivity contribution in [1.29, 1.82) is 0 Å². The van der Waals surface area contributed by atoms with Crippen molar-refractivity contribution in [3.63, 3.8) is 0 Å². The van der Waals surface area contributed by atoms with E-state index in [1.54, 1.807) is 14.2 Å². The van der Waals surface area contributed by atoms with Gasteiger partial charge in [-0.1, -0.05) is 25.3 Å². The molecule has 1 saturated carbocycles. The van der Waals surface area contributed by atoms with Gasteiger partial charge in [0.1, 0.15) is 5.75 Å². The zero-order chi connectivity index (χ0) is 19.3. The van der Waals surface area contributed by atoms with E-state index in [2.05, 4.69) is 11.4 Å². The first-order chi connectivity index (χ1) is 13.1. The molecule has 1 aliphatic heterocycles. The van der Waals surface area contributed by atoms with Crippen molar-refractivity contribution in [2.45, 2.75) is 50.2 Å². The highest BCUT2D eigenvalue weighted by Crippen LogP contribution is 2.32. The second-order valence-corrected chi connectivity index (χ2v) is 7.76. The number of carbonyl (C=O) groups is 1. The predicted molar refractivity (Wildman–Crippen MR) is 104 cm³/mol. The average Bonchev–Trinajstić information content (AvgIpc) is 2.68. The maximum atomic E-state index is 12.9. The lowest BCUT2D eigenvalue weighted by atomic mass is 9.85. The summed E-state index contributed by atoms with van der Waals surface area (Å²) in [6.07, 6.45) is 5.77. The summed E-state index contributed by atoms with van der Waals surface area (Å²) in [5.74, 6) is 0.894.